The van der Waals surface area contributed by atoms with Gasteiger partial charge in [0.05, 0.1) is 5.69 Å². The zero-order chi connectivity index (χ0) is 19.9. The van der Waals surface area contributed by atoms with Crippen molar-refractivity contribution in [3.05, 3.63) is 59.5 Å². The topological polar surface area (TPSA) is 80.3 Å². The van der Waals surface area contributed by atoms with E-state index < -0.39 is 0 Å². The normalized spacial score (nSPS) is 10.4. The average Bonchev–Trinajstić information content (AvgIpc) is 3.15. The number of hydrogen-bond acceptors (Lipinski definition) is 5. The van der Waals surface area contributed by atoms with Gasteiger partial charge in [-0.15, -0.1) is 11.3 Å². The lowest BCUT2D eigenvalue weighted by atomic mass is 10.1. The van der Waals surface area contributed by atoms with Crippen molar-refractivity contribution in [3.8, 4) is 17.0 Å². The number of benzene rings is 2. The molecule has 0 atom stereocenters. The van der Waals surface area contributed by atoms with Gasteiger partial charge in [0.15, 0.2) is 11.7 Å². The van der Waals surface area contributed by atoms with Gasteiger partial charge in [-0.2, -0.15) is 0 Å². The molecule has 0 saturated heterocycles. The van der Waals surface area contributed by atoms with Crippen LogP contribution in [0.15, 0.2) is 53.9 Å². The Kier molecular flexibility index (Phi) is 6.39. The number of carbonyl (C=O) groups excluding carboxylic acids is 2. The van der Waals surface area contributed by atoms with Crippen LogP contribution in [0.1, 0.15) is 19.4 Å². The second-order valence-corrected chi connectivity index (χ2v) is 6.99. The number of rotatable bonds is 7. The van der Waals surface area contributed by atoms with Crippen molar-refractivity contribution in [1.29, 1.82) is 0 Å². The van der Waals surface area contributed by atoms with Crippen molar-refractivity contribution < 1.29 is 14.3 Å². The lowest BCUT2D eigenvalue weighted by molar-refractivity contribution is -0.118. The molecule has 2 N–H and O–H groups in total. The monoisotopic (exact) mass is 395 g/mol. The summed E-state index contributed by atoms with van der Waals surface area (Å²) < 4.78 is 5.51. The summed E-state index contributed by atoms with van der Waals surface area (Å²) in [6.07, 6.45) is 0.961. The molecule has 0 fully saturated rings. The Balaban J connectivity index is 1.54. The smallest absolute Gasteiger partial charge is 0.264 e. The van der Waals surface area contributed by atoms with E-state index in [2.05, 4.69) is 22.5 Å². The van der Waals surface area contributed by atoms with E-state index in [4.69, 9.17) is 4.74 Å². The number of carbonyl (C=O) groups is 2. The number of thiazole rings is 1. The van der Waals surface area contributed by atoms with Crippen molar-refractivity contribution in [2.75, 3.05) is 17.2 Å². The summed E-state index contributed by atoms with van der Waals surface area (Å²) in [5.74, 6) is 0.280. The molecule has 1 aromatic heterocycles. The fourth-order valence-electron chi connectivity index (χ4n) is 2.52. The first-order chi connectivity index (χ1) is 13.5. The highest BCUT2D eigenvalue weighted by Crippen LogP contribution is 2.26. The van der Waals surface area contributed by atoms with Crippen LogP contribution in [0.3, 0.4) is 0 Å². The minimum Gasteiger partial charge on any atom is -0.484 e. The van der Waals surface area contributed by atoms with Gasteiger partial charge in [0.2, 0.25) is 5.91 Å². The third kappa shape index (κ3) is 5.40. The van der Waals surface area contributed by atoms with Crippen LogP contribution in [0, 0.1) is 0 Å². The maximum absolute atomic E-state index is 12.1. The first kappa shape index (κ1) is 19.6. The number of amides is 2. The van der Waals surface area contributed by atoms with Gasteiger partial charge in [0.25, 0.3) is 5.91 Å². The fourth-order valence-corrected chi connectivity index (χ4v) is 3.25. The maximum atomic E-state index is 12.1. The van der Waals surface area contributed by atoms with E-state index in [0.29, 0.717) is 10.9 Å². The number of aryl methyl sites for hydroxylation is 1. The molecule has 0 aliphatic rings. The predicted molar refractivity (Wildman–Crippen MR) is 112 cm³/mol. The molecule has 0 aliphatic carbocycles. The van der Waals surface area contributed by atoms with E-state index in [1.54, 1.807) is 0 Å². The van der Waals surface area contributed by atoms with E-state index in [1.165, 1.54) is 23.8 Å². The van der Waals surface area contributed by atoms with Crippen LogP contribution >= 0.6 is 11.3 Å². The van der Waals surface area contributed by atoms with Crippen LogP contribution in [-0.2, 0) is 16.0 Å². The summed E-state index contributed by atoms with van der Waals surface area (Å²) in [6.45, 7) is 3.47. The van der Waals surface area contributed by atoms with Crippen LogP contribution in [0.2, 0.25) is 0 Å². The molecule has 28 heavy (non-hydrogen) atoms. The number of ether oxygens (including phenoxy) is 1. The highest BCUT2D eigenvalue weighted by molar-refractivity contribution is 7.14. The van der Waals surface area contributed by atoms with Gasteiger partial charge in [-0.3, -0.25) is 14.9 Å². The molecule has 0 bridgehead atoms. The summed E-state index contributed by atoms with van der Waals surface area (Å²) >= 11 is 1.35. The third-order valence-electron chi connectivity index (χ3n) is 3.95. The Morgan fingerprint density at radius 1 is 1.04 bits per heavy atom. The van der Waals surface area contributed by atoms with Gasteiger partial charge in [-0.05, 0) is 36.2 Å². The summed E-state index contributed by atoms with van der Waals surface area (Å²) in [5, 5.41) is 7.85. The standard InChI is InChI=1S/C21H21N3O3S/c1-3-15-4-10-18(11-5-15)27-12-20(26)24-21-23-19(13-28-21)16-6-8-17(9-7-16)22-14(2)25/h4-11,13H,3,12H2,1-2H3,(H,22,25)(H,23,24,26). The molecule has 7 heteroatoms. The van der Waals surface area contributed by atoms with E-state index >= 15 is 0 Å². The molecule has 0 radical (unpaired) electrons. The molecular formula is C21H21N3O3S. The molecule has 2 amide bonds. The summed E-state index contributed by atoms with van der Waals surface area (Å²) in [4.78, 5) is 27.6. The SMILES string of the molecule is CCc1ccc(OCC(=O)Nc2nc(-c3ccc(NC(C)=O)cc3)cs2)cc1. The van der Waals surface area contributed by atoms with Crippen molar-refractivity contribution >= 4 is 34.0 Å². The molecule has 1 heterocycles. The van der Waals surface area contributed by atoms with Crippen molar-refractivity contribution in [1.82, 2.24) is 4.98 Å². The number of nitrogens with one attached hydrogen (secondary N) is 2. The number of anilines is 2. The zero-order valence-corrected chi connectivity index (χ0v) is 16.5. The largest absolute Gasteiger partial charge is 0.484 e. The van der Waals surface area contributed by atoms with Crippen molar-refractivity contribution in [3.63, 3.8) is 0 Å². The molecule has 2 aromatic carbocycles. The lowest BCUT2D eigenvalue weighted by Crippen LogP contribution is -2.20. The van der Waals surface area contributed by atoms with E-state index in [-0.39, 0.29) is 18.4 Å². The highest BCUT2D eigenvalue weighted by Gasteiger charge is 2.09. The minimum absolute atomic E-state index is 0.0776. The molecule has 0 unspecified atom stereocenters. The van der Waals surface area contributed by atoms with E-state index in [9.17, 15) is 9.59 Å². The molecule has 0 aliphatic heterocycles. The first-order valence-corrected chi connectivity index (χ1v) is 9.76. The maximum Gasteiger partial charge on any atom is 0.264 e. The highest BCUT2D eigenvalue weighted by atomic mass is 32.1. The van der Waals surface area contributed by atoms with E-state index in [1.807, 2.05) is 53.9 Å². The number of hydrogen-bond donors (Lipinski definition) is 2. The molecule has 0 saturated carbocycles. The van der Waals surface area contributed by atoms with Crippen LogP contribution in [-0.4, -0.2) is 23.4 Å². The molecular weight excluding hydrogens is 374 g/mol. The molecule has 6 nitrogen and oxygen atoms in total. The molecule has 144 valence electrons. The van der Waals surface area contributed by atoms with Crippen LogP contribution in [0.4, 0.5) is 10.8 Å². The Bertz CT molecular complexity index is 950. The van der Waals surface area contributed by atoms with Crippen LogP contribution < -0.4 is 15.4 Å². The van der Waals surface area contributed by atoms with Gasteiger partial charge in [-0.1, -0.05) is 31.2 Å². The van der Waals surface area contributed by atoms with Gasteiger partial charge >= 0.3 is 0 Å². The molecule has 3 rings (SSSR count). The van der Waals surface area contributed by atoms with Crippen molar-refractivity contribution in [2.24, 2.45) is 0 Å². The minimum atomic E-state index is -0.263. The Labute approximate surface area is 167 Å². The lowest BCUT2D eigenvalue weighted by Gasteiger charge is -2.06. The van der Waals surface area contributed by atoms with Crippen molar-refractivity contribution in [2.45, 2.75) is 20.3 Å². The second-order valence-electron chi connectivity index (χ2n) is 6.13. The average molecular weight is 395 g/mol. The Morgan fingerprint density at radius 2 is 1.75 bits per heavy atom. The van der Waals surface area contributed by atoms with Gasteiger partial charge in [0, 0.05) is 23.6 Å². The Morgan fingerprint density at radius 3 is 2.39 bits per heavy atom. The fraction of sp³-hybridized carbons (Fsp3) is 0.190. The zero-order valence-electron chi connectivity index (χ0n) is 15.7. The van der Waals surface area contributed by atoms with Gasteiger partial charge in [-0.25, -0.2) is 4.98 Å². The summed E-state index contributed by atoms with van der Waals surface area (Å²) in [5.41, 5.74) is 3.60. The van der Waals surface area contributed by atoms with E-state index in [0.717, 1.165) is 23.4 Å². The number of aromatic nitrogens is 1. The predicted octanol–water partition coefficient (Wildman–Crippen LogP) is 4.35. The number of nitrogens with zero attached hydrogens (tertiary/aromatic N) is 1. The molecule has 3 aromatic rings. The summed E-state index contributed by atoms with van der Waals surface area (Å²) in [6, 6.07) is 15.0. The van der Waals surface area contributed by atoms with Gasteiger partial charge in [0.1, 0.15) is 5.75 Å². The third-order valence-corrected chi connectivity index (χ3v) is 4.71. The quantitative estimate of drug-likeness (QED) is 0.623. The van der Waals surface area contributed by atoms with Gasteiger partial charge < -0.3 is 10.1 Å². The van der Waals surface area contributed by atoms with Crippen LogP contribution in [0.5, 0.6) is 5.75 Å². The summed E-state index contributed by atoms with van der Waals surface area (Å²) in [7, 11) is 0. The first-order valence-electron chi connectivity index (χ1n) is 8.88. The Hall–Kier alpha value is -3.19. The molecule has 0 spiro atoms. The van der Waals surface area contributed by atoms with Crippen LogP contribution in [0.25, 0.3) is 11.3 Å². The second kappa shape index (κ2) is 9.14.